The number of H-pyrrole nitrogens is 2. The maximum atomic E-state index is 12.4. The van der Waals surface area contributed by atoms with Crippen LogP contribution in [-0.2, 0) is 0 Å². The predicted octanol–water partition coefficient (Wildman–Crippen LogP) is 5.37. The molecule has 0 bridgehead atoms. The highest BCUT2D eigenvalue weighted by molar-refractivity contribution is 5.92. The van der Waals surface area contributed by atoms with Gasteiger partial charge in [0.25, 0.3) is 22.9 Å². The summed E-state index contributed by atoms with van der Waals surface area (Å²) in [6, 6.07) is 24.7. The third-order valence-electron chi connectivity index (χ3n) is 12.0. The number of hydrogen-bond donors (Lipinski definition) is 4. The van der Waals surface area contributed by atoms with E-state index < -0.39 is 0 Å². The van der Waals surface area contributed by atoms with E-state index >= 15 is 0 Å². The minimum atomic E-state index is -0.188. The van der Waals surface area contributed by atoms with E-state index in [2.05, 4.69) is 72.4 Å². The molecule has 4 N–H and O–H groups in total. The largest absolute Gasteiger partial charge is 0.370 e. The number of aromatic amines is 2. The number of para-hydroxylation sites is 2. The highest BCUT2D eigenvalue weighted by Gasteiger charge is 2.24. The number of nitrogens with one attached hydrogen (secondary N) is 4. The Morgan fingerprint density at radius 1 is 0.594 bits per heavy atom. The molecule has 2 amide bonds. The van der Waals surface area contributed by atoms with Crippen LogP contribution in [0.5, 0.6) is 0 Å². The molecule has 2 aliphatic heterocycles. The first-order chi connectivity index (χ1) is 31.2. The van der Waals surface area contributed by atoms with E-state index in [0.29, 0.717) is 50.9 Å². The Hall–Kier alpha value is -7.95. The highest BCUT2D eigenvalue weighted by atomic mass is 16.2. The highest BCUT2D eigenvalue weighted by Crippen LogP contribution is 2.30. The van der Waals surface area contributed by atoms with Crippen LogP contribution in [-0.4, -0.2) is 96.3 Å². The van der Waals surface area contributed by atoms with Gasteiger partial charge in [-0.3, -0.25) is 23.9 Å². The average Bonchev–Trinajstić information content (AvgIpc) is 4.06. The van der Waals surface area contributed by atoms with Crippen LogP contribution in [0.1, 0.15) is 58.7 Å². The van der Waals surface area contributed by atoms with Crippen molar-refractivity contribution in [3.05, 3.63) is 148 Å². The third-order valence-corrected chi connectivity index (χ3v) is 12.0. The van der Waals surface area contributed by atoms with Gasteiger partial charge in [0.15, 0.2) is 0 Å². The summed E-state index contributed by atoms with van der Waals surface area (Å²) >= 11 is 0. The fraction of sp³-hybridized carbons (Fsp3) is 0.255. The first-order valence-corrected chi connectivity index (χ1v) is 21.3. The second kappa shape index (κ2) is 18.2. The van der Waals surface area contributed by atoms with Crippen molar-refractivity contribution < 1.29 is 9.59 Å². The van der Waals surface area contributed by atoms with Gasteiger partial charge in [-0.2, -0.15) is 5.10 Å². The van der Waals surface area contributed by atoms with E-state index in [1.165, 1.54) is 0 Å². The summed E-state index contributed by atoms with van der Waals surface area (Å²) in [7, 11) is 3.19. The molecule has 10 rings (SSSR count). The Balaban J connectivity index is 0.000000162. The van der Waals surface area contributed by atoms with Gasteiger partial charge in [-0.25, -0.2) is 19.9 Å². The molecule has 8 aromatic rings. The summed E-state index contributed by atoms with van der Waals surface area (Å²) in [6.07, 6.45) is 15.2. The van der Waals surface area contributed by atoms with Crippen LogP contribution in [0, 0.1) is 0 Å². The lowest BCUT2D eigenvalue weighted by molar-refractivity contribution is 0.0950. The predicted molar refractivity (Wildman–Crippen MR) is 246 cm³/mol. The molecular weight excluding hydrogens is 811 g/mol. The van der Waals surface area contributed by atoms with Crippen molar-refractivity contribution in [2.75, 3.05) is 50.1 Å². The molecule has 17 heteroatoms. The van der Waals surface area contributed by atoms with E-state index in [1.807, 2.05) is 65.5 Å². The lowest BCUT2D eigenvalue weighted by atomic mass is 10.0. The minimum Gasteiger partial charge on any atom is -0.370 e. The molecule has 64 heavy (non-hydrogen) atoms. The molecule has 0 aliphatic carbocycles. The number of carbonyl (C=O) groups excluding carboxylic acids is 2. The molecule has 2 aromatic carbocycles. The lowest BCUT2D eigenvalue weighted by Gasteiger charge is -2.34. The molecule has 6 aromatic heterocycles. The number of hydrogen-bond acceptors (Lipinski definition) is 11. The van der Waals surface area contributed by atoms with Crippen LogP contribution in [0.2, 0.25) is 0 Å². The molecule has 2 fully saturated rings. The van der Waals surface area contributed by atoms with Crippen molar-refractivity contribution in [3.8, 4) is 22.8 Å². The Bertz CT molecular complexity index is 2840. The number of piperidine rings is 2. The molecule has 0 saturated carbocycles. The second-order valence-corrected chi connectivity index (χ2v) is 15.8. The van der Waals surface area contributed by atoms with E-state index in [-0.39, 0.29) is 29.0 Å². The number of aromatic nitrogens is 9. The molecule has 0 radical (unpaired) electrons. The maximum absolute atomic E-state index is 12.4. The zero-order valence-electron chi connectivity index (χ0n) is 35.4. The zero-order chi connectivity index (χ0) is 44.2. The van der Waals surface area contributed by atoms with Gasteiger partial charge < -0.3 is 35.0 Å². The number of anilines is 2. The number of benzene rings is 2. The summed E-state index contributed by atoms with van der Waals surface area (Å²) in [5, 5.41) is 10.9. The smallest absolute Gasteiger partial charge is 0.269 e. The third kappa shape index (κ3) is 8.72. The van der Waals surface area contributed by atoms with Crippen molar-refractivity contribution in [1.82, 2.24) is 54.9 Å². The number of amides is 2. The molecular formula is C47H47N13O4. The fourth-order valence-electron chi connectivity index (χ4n) is 8.37. The number of nitrogens with zero attached hydrogens (tertiary/aromatic N) is 9. The Labute approximate surface area is 367 Å². The Kier molecular flexibility index (Phi) is 11.8. The van der Waals surface area contributed by atoms with Crippen LogP contribution in [0.3, 0.4) is 0 Å². The molecule has 324 valence electrons. The molecule has 0 atom stereocenters. The minimum absolute atomic E-state index is 0.122. The van der Waals surface area contributed by atoms with Crippen LogP contribution >= 0.6 is 0 Å². The summed E-state index contributed by atoms with van der Waals surface area (Å²) in [6.45, 7) is 3.55. The van der Waals surface area contributed by atoms with E-state index in [4.69, 9.17) is 0 Å². The van der Waals surface area contributed by atoms with Crippen LogP contribution < -0.4 is 31.6 Å². The van der Waals surface area contributed by atoms with Gasteiger partial charge in [0.05, 0.1) is 63.4 Å². The van der Waals surface area contributed by atoms with Gasteiger partial charge in [-0.15, -0.1) is 0 Å². The average molecular weight is 858 g/mol. The van der Waals surface area contributed by atoms with Gasteiger partial charge in [0.2, 0.25) is 0 Å². The molecule has 0 spiro atoms. The van der Waals surface area contributed by atoms with Gasteiger partial charge in [0, 0.05) is 70.5 Å². The maximum Gasteiger partial charge on any atom is 0.269 e. The second-order valence-electron chi connectivity index (χ2n) is 15.8. The summed E-state index contributed by atoms with van der Waals surface area (Å²) in [5.74, 6) is 0.750. The number of carbonyl (C=O) groups is 2. The van der Waals surface area contributed by atoms with Crippen molar-refractivity contribution >= 4 is 45.0 Å². The lowest BCUT2D eigenvalue weighted by Crippen LogP contribution is -2.35. The summed E-state index contributed by atoms with van der Waals surface area (Å²) in [4.78, 5) is 76.2. The molecule has 2 saturated heterocycles. The van der Waals surface area contributed by atoms with Crippen LogP contribution in [0.15, 0.2) is 126 Å². The van der Waals surface area contributed by atoms with Gasteiger partial charge in [-0.1, -0.05) is 24.3 Å². The van der Waals surface area contributed by atoms with Crippen LogP contribution in [0.25, 0.3) is 44.6 Å². The molecule has 17 nitrogen and oxygen atoms in total. The van der Waals surface area contributed by atoms with Gasteiger partial charge in [0.1, 0.15) is 23.0 Å². The van der Waals surface area contributed by atoms with Crippen molar-refractivity contribution in [1.29, 1.82) is 0 Å². The monoisotopic (exact) mass is 857 g/mol. The van der Waals surface area contributed by atoms with Crippen molar-refractivity contribution in [2.45, 2.75) is 37.8 Å². The normalized spacial score (nSPS) is 14.6. The fourth-order valence-corrected chi connectivity index (χ4v) is 8.37. The number of fused-ring (bicyclic) bond motifs is 2. The van der Waals surface area contributed by atoms with E-state index in [1.54, 1.807) is 57.0 Å². The first-order valence-electron chi connectivity index (χ1n) is 21.3. The van der Waals surface area contributed by atoms with Gasteiger partial charge >= 0.3 is 0 Å². The van der Waals surface area contributed by atoms with Crippen molar-refractivity contribution in [2.24, 2.45) is 0 Å². The Morgan fingerprint density at radius 2 is 1.09 bits per heavy atom. The zero-order valence-corrected chi connectivity index (χ0v) is 35.4. The quantitative estimate of drug-likeness (QED) is 0.153. The topological polar surface area (TPSA) is 205 Å². The molecule has 2 aliphatic rings. The molecule has 8 heterocycles. The number of rotatable bonds is 8. The molecule has 0 unspecified atom stereocenters. The van der Waals surface area contributed by atoms with E-state index in [9.17, 15) is 19.2 Å². The van der Waals surface area contributed by atoms with Crippen LogP contribution in [0.4, 0.5) is 11.4 Å². The van der Waals surface area contributed by atoms with E-state index in [0.717, 1.165) is 74.4 Å². The van der Waals surface area contributed by atoms with Crippen molar-refractivity contribution in [3.63, 3.8) is 0 Å². The number of pyridine rings is 2. The summed E-state index contributed by atoms with van der Waals surface area (Å²) < 4.78 is 4.18. The Morgan fingerprint density at radius 3 is 1.59 bits per heavy atom. The SMILES string of the molecule is CNC(=O)c1ccc(N2CCC(n3cc(-c4nc5ccccc5c(=O)[nH]4)cn3)CC2)cn1.CNC(=O)c1ccc(N2CCC(n3ccc(-c4nc5ccccc5c(=O)[nH]4)c3)CC2)cn1. The summed E-state index contributed by atoms with van der Waals surface area (Å²) in [5.41, 5.74) is 5.67. The van der Waals surface area contributed by atoms with Gasteiger partial charge in [-0.05, 0) is 80.3 Å². The first kappa shape index (κ1) is 41.4. The standard InChI is InChI=1S/C24H24N6O2.C23H23N7O2/c1-25-24(32)21-7-6-18(14-26-21)29-12-9-17(10-13-29)30-11-8-16(15-30)22-27-20-5-3-2-4-19(20)23(31)28-22;1-24-23(32)20-7-6-17(13-25-20)29-10-8-16(9-11-29)30-14-15(12-26-30)21-27-19-5-3-2-4-18(19)22(31)28-21/h2-8,11,14-15,17H,9-10,12-13H2,1H3,(H,25,32)(H,27,28,31);2-7,12-14,16H,8-11H2,1H3,(H,24,32)(H,27,28,31).